The van der Waals surface area contributed by atoms with Crippen molar-refractivity contribution < 1.29 is 9.53 Å². The Morgan fingerprint density at radius 1 is 0.966 bits per heavy atom. The molecule has 1 aliphatic heterocycles. The van der Waals surface area contributed by atoms with Crippen molar-refractivity contribution in [2.24, 2.45) is 0 Å². The van der Waals surface area contributed by atoms with Gasteiger partial charge in [0.05, 0.1) is 13.2 Å². The molecule has 0 spiro atoms. The van der Waals surface area contributed by atoms with Crippen molar-refractivity contribution in [3.05, 3.63) is 71.4 Å². The molecule has 148 valence electrons. The van der Waals surface area contributed by atoms with E-state index in [1.165, 1.54) is 11.1 Å². The van der Waals surface area contributed by atoms with Gasteiger partial charge in [-0.15, -0.1) is 0 Å². The third-order valence-corrected chi connectivity index (χ3v) is 5.05. The molecule has 1 fully saturated rings. The Hall–Kier alpha value is -3.25. The number of rotatable bonds is 4. The van der Waals surface area contributed by atoms with E-state index in [1.807, 2.05) is 36.4 Å². The number of aryl methyl sites for hydroxylation is 2. The van der Waals surface area contributed by atoms with Crippen LogP contribution in [0.1, 0.15) is 21.6 Å². The van der Waals surface area contributed by atoms with E-state index in [0.717, 1.165) is 11.3 Å². The number of benzene rings is 2. The van der Waals surface area contributed by atoms with Gasteiger partial charge in [-0.25, -0.2) is 9.97 Å². The summed E-state index contributed by atoms with van der Waals surface area (Å²) < 4.78 is 5.36. The van der Waals surface area contributed by atoms with Crippen molar-refractivity contribution in [3.63, 3.8) is 0 Å². The van der Waals surface area contributed by atoms with E-state index < -0.39 is 0 Å². The van der Waals surface area contributed by atoms with E-state index in [4.69, 9.17) is 4.74 Å². The summed E-state index contributed by atoms with van der Waals surface area (Å²) in [5.41, 5.74) is 4.60. The Morgan fingerprint density at radius 3 is 2.45 bits per heavy atom. The fourth-order valence-corrected chi connectivity index (χ4v) is 3.23. The molecule has 0 unspecified atom stereocenters. The zero-order valence-electron chi connectivity index (χ0n) is 16.7. The maximum Gasteiger partial charge on any atom is 0.272 e. The highest BCUT2D eigenvalue weighted by Gasteiger charge is 2.21. The van der Waals surface area contributed by atoms with E-state index in [0.29, 0.717) is 43.6 Å². The lowest BCUT2D eigenvalue weighted by atomic mass is 10.1. The van der Waals surface area contributed by atoms with Gasteiger partial charge in [0.2, 0.25) is 0 Å². The zero-order valence-corrected chi connectivity index (χ0v) is 16.7. The number of amides is 1. The molecule has 0 radical (unpaired) electrons. The molecule has 1 N–H and O–H groups in total. The summed E-state index contributed by atoms with van der Waals surface area (Å²) in [4.78, 5) is 24.0. The molecule has 6 heteroatoms. The molecule has 2 heterocycles. The predicted molar refractivity (Wildman–Crippen MR) is 113 cm³/mol. The van der Waals surface area contributed by atoms with Crippen molar-refractivity contribution in [1.29, 1.82) is 0 Å². The Labute approximate surface area is 170 Å². The van der Waals surface area contributed by atoms with Crippen LogP contribution in [-0.2, 0) is 4.74 Å². The molecule has 4 rings (SSSR count). The van der Waals surface area contributed by atoms with Gasteiger partial charge in [-0.05, 0) is 37.1 Å². The minimum Gasteiger partial charge on any atom is -0.378 e. The van der Waals surface area contributed by atoms with E-state index >= 15 is 0 Å². The Morgan fingerprint density at radius 2 is 1.72 bits per heavy atom. The molecular weight excluding hydrogens is 364 g/mol. The van der Waals surface area contributed by atoms with E-state index in [-0.39, 0.29) is 5.91 Å². The number of aromatic nitrogens is 2. The lowest BCUT2D eigenvalue weighted by Crippen LogP contribution is -2.41. The number of nitrogens with one attached hydrogen (secondary N) is 1. The lowest BCUT2D eigenvalue weighted by Gasteiger charge is -2.26. The van der Waals surface area contributed by atoms with Crippen molar-refractivity contribution in [1.82, 2.24) is 14.9 Å². The van der Waals surface area contributed by atoms with Gasteiger partial charge in [0.1, 0.15) is 11.5 Å². The summed E-state index contributed by atoms with van der Waals surface area (Å²) in [5, 5.41) is 3.33. The Bertz CT molecular complexity index is 1010. The van der Waals surface area contributed by atoms with Gasteiger partial charge in [0.25, 0.3) is 5.91 Å². The van der Waals surface area contributed by atoms with Gasteiger partial charge >= 0.3 is 0 Å². The van der Waals surface area contributed by atoms with Gasteiger partial charge in [-0.3, -0.25) is 4.79 Å². The van der Waals surface area contributed by atoms with Gasteiger partial charge < -0.3 is 15.0 Å². The fourth-order valence-electron chi connectivity index (χ4n) is 3.23. The number of hydrogen-bond donors (Lipinski definition) is 1. The highest BCUT2D eigenvalue weighted by molar-refractivity contribution is 5.93. The first kappa shape index (κ1) is 19.1. The second kappa shape index (κ2) is 8.41. The van der Waals surface area contributed by atoms with Crippen molar-refractivity contribution >= 4 is 17.4 Å². The van der Waals surface area contributed by atoms with Crippen molar-refractivity contribution in [2.45, 2.75) is 13.8 Å². The second-order valence-electron chi connectivity index (χ2n) is 7.16. The Balaban J connectivity index is 1.71. The molecule has 1 saturated heterocycles. The number of hydrogen-bond acceptors (Lipinski definition) is 5. The highest BCUT2D eigenvalue weighted by atomic mass is 16.5. The van der Waals surface area contributed by atoms with E-state index in [1.54, 1.807) is 11.0 Å². The summed E-state index contributed by atoms with van der Waals surface area (Å²) in [5.74, 6) is 1.02. The number of anilines is 2. The summed E-state index contributed by atoms with van der Waals surface area (Å²) in [6.45, 7) is 6.40. The smallest absolute Gasteiger partial charge is 0.272 e. The topological polar surface area (TPSA) is 67.4 Å². The Kier molecular flexibility index (Phi) is 5.53. The van der Waals surface area contributed by atoms with Crippen LogP contribution >= 0.6 is 0 Å². The number of carbonyl (C=O) groups is 1. The zero-order chi connectivity index (χ0) is 20.2. The van der Waals surface area contributed by atoms with Crippen molar-refractivity contribution in [2.75, 3.05) is 31.6 Å². The van der Waals surface area contributed by atoms with Crippen LogP contribution in [0.25, 0.3) is 11.4 Å². The van der Waals surface area contributed by atoms with Crippen LogP contribution in [0.3, 0.4) is 0 Å². The molecule has 1 aromatic heterocycles. The van der Waals surface area contributed by atoms with E-state index in [2.05, 4.69) is 41.3 Å². The molecule has 0 saturated carbocycles. The largest absolute Gasteiger partial charge is 0.378 e. The average Bonchev–Trinajstić information content (AvgIpc) is 2.77. The van der Waals surface area contributed by atoms with Gasteiger partial charge in [0.15, 0.2) is 5.82 Å². The summed E-state index contributed by atoms with van der Waals surface area (Å²) in [6.07, 6.45) is 0. The first-order valence-corrected chi connectivity index (χ1v) is 9.76. The summed E-state index contributed by atoms with van der Waals surface area (Å²) in [6, 6.07) is 17.6. The molecule has 0 aliphatic carbocycles. The van der Waals surface area contributed by atoms with Crippen LogP contribution in [-0.4, -0.2) is 47.1 Å². The summed E-state index contributed by atoms with van der Waals surface area (Å²) in [7, 11) is 0. The third kappa shape index (κ3) is 4.43. The SMILES string of the molecule is Cc1ccc(Nc2cc(C(=O)N3CCOCC3)nc(-c3ccccc3)n2)cc1C. The predicted octanol–water partition coefficient (Wildman–Crippen LogP) is 3.98. The third-order valence-electron chi connectivity index (χ3n) is 5.05. The van der Waals surface area contributed by atoms with Crippen LogP contribution in [0.4, 0.5) is 11.5 Å². The van der Waals surface area contributed by atoms with Gasteiger partial charge in [-0.2, -0.15) is 0 Å². The summed E-state index contributed by atoms with van der Waals surface area (Å²) >= 11 is 0. The van der Waals surface area contributed by atoms with Crippen LogP contribution in [0.2, 0.25) is 0 Å². The minimum absolute atomic E-state index is 0.101. The minimum atomic E-state index is -0.101. The van der Waals surface area contributed by atoms with E-state index in [9.17, 15) is 4.79 Å². The molecule has 6 nitrogen and oxygen atoms in total. The first-order chi connectivity index (χ1) is 14.1. The van der Waals surface area contributed by atoms with Crippen LogP contribution in [0, 0.1) is 13.8 Å². The monoisotopic (exact) mass is 388 g/mol. The second-order valence-corrected chi connectivity index (χ2v) is 7.16. The van der Waals surface area contributed by atoms with Crippen LogP contribution in [0.5, 0.6) is 0 Å². The number of carbonyl (C=O) groups excluding carboxylic acids is 1. The van der Waals surface area contributed by atoms with Gasteiger partial charge in [0, 0.05) is 30.4 Å². The van der Waals surface area contributed by atoms with Crippen molar-refractivity contribution in [3.8, 4) is 11.4 Å². The van der Waals surface area contributed by atoms with Gasteiger partial charge in [-0.1, -0.05) is 36.4 Å². The maximum absolute atomic E-state index is 13.0. The first-order valence-electron chi connectivity index (χ1n) is 9.76. The molecule has 3 aromatic rings. The molecule has 0 atom stereocenters. The molecule has 29 heavy (non-hydrogen) atoms. The average molecular weight is 388 g/mol. The quantitative estimate of drug-likeness (QED) is 0.732. The number of morpholine rings is 1. The normalized spacial score (nSPS) is 13.9. The molecular formula is C23H24N4O2. The fraction of sp³-hybridized carbons (Fsp3) is 0.261. The van der Waals surface area contributed by atoms with Crippen LogP contribution in [0.15, 0.2) is 54.6 Å². The lowest BCUT2D eigenvalue weighted by molar-refractivity contribution is 0.0299. The number of ether oxygens (including phenoxy) is 1. The molecule has 1 aliphatic rings. The molecule has 2 aromatic carbocycles. The standard InChI is InChI=1S/C23H24N4O2/c1-16-8-9-19(14-17(16)2)24-21-15-20(23(28)27-10-12-29-13-11-27)25-22(26-21)18-6-4-3-5-7-18/h3-9,14-15H,10-13H2,1-2H3,(H,24,25,26). The highest BCUT2D eigenvalue weighted by Crippen LogP contribution is 2.23. The molecule has 1 amide bonds. The van der Waals surface area contributed by atoms with Crippen LogP contribution < -0.4 is 5.32 Å². The molecule has 0 bridgehead atoms. The maximum atomic E-state index is 13.0. The number of nitrogens with zero attached hydrogens (tertiary/aromatic N) is 3.